The predicted octanol–water partition coefficient (Wildman–Crippen LogP) is 3.64. The van der Waals surface area contributed by atoms with E-state index in [-0.39, 0.29) is 16.7 Å². The van der Waals surface area contributed by atoms with Crippen molar-refractivity contribution in [3.8, 4) is 0 Å². The van der Waals surface area contributed by atoms with Gasteiger partial charge in [-0.1, -0.05) is 6.07 Å². The molecule has 0 aliphatic heterocycles. The second-order valence-corrected chi connectivity index (χ2v) is 3.89. The Morgan fingerprint density at radius 2 is 1.50 bits per heavy atom. The van der Waals surface area contributed by atoms with E-state index in [9.17, 15) is 18.0 Å². The standard InChI is InChI=1S/C14H9F3O/c1-8-2-7-11(13(17)12(8)16)14(18)9-3-5-10(15)6-4-9/h2-7H,1H3. The van der Waals surface area contributed by atoms with Gasteiger partial charge in [-0.15, -0.1) is 0 Å². The first-order valence-corrected chi connectivity index (χ1v) is 5.25. The van der Waals surface area contributed by atoms with Gasteiger partial charge in [0.25, 0.3) is 0 Å². The van der Waals surface area contributed by atoms with Crippen LogP contribution >= 0.6 is 0 Å². The molecular weight excluding hydrogens is 241 g/mol. The van der Waals surface area contributed by atoms with E-state index in [1.54, 1.807) is 0 Å². The lowest BCUT2D eigenvalue weighted by atomic mass is 10.0. The second kappa shape index (κ2) is 4.64. The van der Waals surface area contributed by atoms with Crippen molar-refractivity contribution in [3.63, 3.8) is 0 Å². The van der Waals surface area contributed by atoms with Crippen LogP contribution in [0.4, 0.5) is 13.2 Å². The average molecular weight is 250 g/mol. The Kier molecular flexibility index (Phi) is 3.19. The topological polar surface area (TPSA) is 17.1 Å². The van der Waals surface area contributed by atoms with E-state index in [4.69, 9.17) is 0 Å². The number of rotatable bonds is 2. The monoisotopic (exact) mass is 250 g/mol. The summed E-state index contributed by atoms with van der Waals surface area (Å²) in [6.07, 6.45) is 0. The van der Waals surface area contributed by atoms with Crippen molar-refractivity contribution in [3.05, 3.63) is 70.5 Å². The molecule has 2 aromatic carbocycles. The first-order chi connectivity index (χ1) is 8.50. The number of hydrogen-bond donors (Lipinski definition) is 0. The minimum atomic E-state index is -1.18. The Morgan fingerprint density at radius 3 is 2.11 bits per heavy atom. The highest BCUT2D eigenvalue weighted by Gasteiger charge is 2.18. The highest BCUT2D eigenvalue weighted by Crippen LogP contribution is 2.19. The highest BCUT2D eigenvalue weighted by atomic mass is 19.2. The van der Waals surface area contributed by atoms with Gasteiger partial charge in [0, 0.05) is 5.56 Å². The molecule has 0 N–H and O–H groups in total. The molecule has 0 amide bonds. The Balaban J connectivity index is 2.46. The van der Waals surface area contributed by atoms with Crippen LogP contribution in [0.5, 0.6) is 0 Å². The fourth-order valence-electron chi connectivity index (χ4n) is 1.58. The number of halogens is 3. The normalized spacial score (nSPS) is 10.4. The number of carbonyl (C=O) groups is 1. The minimum Gasteiger partial charge on any atom is -0.288 e. The van der Waals surface area contributed by atoms with Crippen LogP contribution in [0.2, 0.25) is 0 Å². The van der Waals surface area contributed by atoms with Crippen molar-refractivity contribution in [1.29, 1.82) is 0 Å². The lowest BCUT2D eigenvalue weighted by Crippen LogP contribution is -2.06. The van der Waals surface area contributed by atoms with Crippen LogP contribution in [0, 0.1) is 24.4 Å². The van der Waals surface area contributed by atoms with E-state index >= 15 is 0 Å². The van der Waals surface area contributed by atoms with E-state index in [0.29, 0.717) is 0 Å². The molecule has 0 saturated carbocycles. The third kappa shape index (κ3) is 2.14. The average Bonchev–Trinajstić information content (AvgIpc) is 2.36. The highest BCUT2D eigenvalue weighted by molar-refractivity contribution is 6.09. The Hall–Kier alpha value is -2.10. The molecule has 0 bridgehead atoms. The molecular formula is C14H9F3O. The first-order valence-electron chi connectivity index (χ1n) is 5.25. The van der Waals surface area contributed by atoms with Crippen molar-refractivity contribution in [1.82, 2.24) is 0 Å². The number of carbonyl (C=O) groups excluding carboxylic acids is 1. The van der Waals surface area contributed by atoms with Crippen LogP contribution in [-0.4, -0.2) is 5.78 Å². The zero-order chi connectivity index (χ0) is 13.3. The molecule has 92 valence electrons. The third-order valence-corrected chi connectivity index (χ3v) is 2.63. The zero-order valence-corrected chi connectivity index (χ0v) is 9.51. The van der Waals surface area contributed by atoms with Gasteiger partial charge in [-0.3, -0.25) is 4.79 Å². The summed E-state index contributed by atoms with van der Waals surface area (Å²) in [5, 5.41) is 0. The molecule has 0 heterocycles. The largest absolute Gasteiger partial charge is 0.288 e. The Bertz CT molecular complexity index is 603. The van der Waals surface area contributed by atoms with Crippen LogP contribution in [0.15, 0.2) is 36.4 Å². The van der Waals surface area contributed by atoms with E-state index < -0.39 is 23.2 Å². The molecule has 0 aliphatic rings. The Labute approximate surface area is 102 Å². The molecule has 4 heteroatoms. The summed E-state index contributed by atoms with van der Waals surface area (Å²) in [6.45, 7) is 1.41. The quantitative estimate of drug-likeness (QED) is 0.743. The van der Waals surface area contributed by atoms with Gasteiger partial charge in [0.15, 0.2) is 17.4 Å². The SMILES string of the molecule is Cc1ccc(C(=O)c2ccc(F)cc2)c(F)c1F. The number of benzene rings is 2. The summed E-state index contributed by atoms with van der Waals surface area (Å²) in [7, 11) is 0. The predicted molar refractivity (Wildman–Crippen MR) is 60.9 cm³/mol. The summed E-state index contributed by atoms with van der Waals surface area (Å²) in [4.78, 5) is 11.9. The molecule has 2 rings (SSSR count). The number of aryl methyl sites for hydroxylation is 1. The summed E-state index contributed by atoms with van der Waals surface area (Å²) in [6, 6.07) is 7.20. The molecule has 0 aromatic heterocycles. The molecule has 0 unspecified atom stereocenters. The lowest BCUT2D eigenvalue weighted by Gasteiger charge is -2.05. The summed E-state index contributed by atoms with van der Waals surface area (Å²) >= 11 is 0. The molecule has 1 nitrogen and oxygen atoms in total. The second-order valence-electron chi connectivity index (χ2n) is 3.89. The van der Waals surface area contributed by atoms with Crippen molar-refractivity contribution in [2.24, 2.45) is 0 Å². The van der Waals surface area contributed by atoms with Crippen molar-refractivity contribution in [2.75, 3.05) is 0 Å². The molecule has 0 aliphatic carbocycles. The van der Waals surface area contributed by atoms with Gasteiger partial charge >= 0.3 is 0 Å². The smallest absolute Gasteiger partial charge is 0.196 e. The summed E-state index contributed by atoms with van der Waals surface area (Å²) in [5.74, 6) is -3.39. The summed E-state index contributed by atoms with van der Waals surface area (Å²) < 4.78 is 39.7. The molecule has 0 radical (unpaired) electrons. The van der Waals surface area contributed by atoms with Crippen molar-refractivity contribution < 1.29 is 18.0 Å². The minimum absolute atomic E-state index is 0.110. The summed E-state index contributed by atoms with van der Waals surface area (Å²) in [5.41, 5.74) is -0.119. The molecule has 0 atom stereocenters. The maximum atomic E-state index is 13.6. The maximum absolute atomic E-state index is 13.6. The molecule has 2 aromatic rings. The van der Waals surface area contributed by atoms with E-state index in [2.05, 4.69) is 0 Å². The van der Waals surface area contributed by atoms with Crippen molar-refractivity contribution >= 4 is 5.78 Å². The van der Waals surface area contributed by atoms with E-state index in [0.717, 1.165) is 12.1 Å². The molecule has 0 spiro atoms. The van der Waals surface area contributed by atoms with E-state index in [1.165, 1.54) is 31.2 Å². The number of ketones is 1. The van der Waals surface area contributed by atoms with Crippen LogP contribution in [0.1, 0.15) is 21.5 Å². The molecule has 0 saturated heterocycles. The van der Waals surface area contributed by atoms with E-state index in [1.807, 2.05) is 0 Å². The van der Waals surface area contributed by atoms with Gasteiger partial charge in [-0.05, 0) is 42.8 Å². The van der Waals surface area contributed by atoms with Gasteiger partial charge in [-0.2, -0.15) is 0 Å². The van der Waals surface area contributed by atoms with Crippen LogP contribution in [0.25, 0.3) is 0 Å². The first kappa shape index (κ1) is 12.4. The van der Waals surface area contributed by atoms with Crippen LogP contribution in [-0.2, 0) is 0 Å². The van der Waals surface area contributed by atoms with Crippen LogP contribution in [0.3, 0.4) is 0 Å². The molecule has 18 heavy (non-hydrogen) atoms. The fourth-order valence-corrected chi connectivity index (χ4v) is 1.58. The van der Waals surface area contributed by atoms with Gasteiger partial charge in [0.2, 0.25) is 0 Å². The van der Waals surface area contributed by atoms with Gasteiger partial charge in [0.1, 0.15) is 5.82 Å². The van der Waals surface area contributed by atoms with Gasteiger partial charge in [0.05, 0.1) is 5.56 Å². The number of hydrogen-bond acceptors (Lipinski definition) is 1. The molecule has 0 fully saturated rings. The van der Waals surface area contributed by atoms with Crippen molar-refractivity contribution in [2.45, 2.75) is 6.92 Å². The maximum Gasteiger partial charge on any atom is 0.196 e. The zero-order valence-electron chi connectivity index (χ0n) is 9.51. The Morgan fingerprint density at radius 1 is 0.889 bits per heavy atom. The lowest BCUT2D eigenvalue weighted by molar-refractivity contribution is 0.103. The fraction of sp³-hybridized carbons (Fsp3) is 0.0714. The van der Waals surface area contributed by atoms with Crippen LogP contribution < -0.4 is 0 Å². The third-order valence-electron chi connectivity index (χ3n) is 2.63. The van der Waals surface area contributed by atoms with Gasteiger partial charge in [-0.25, -0.2) is 13.2 Å². The van der Waals surface area contributed by atoms with Gasteiger partial charge < -0.3 is 0 Å².